The molecule has 0 radical (unpaired) electrons. The van der Waals surface area contributed by atoms with E-state index in [-0.39, 0.29) is 11.5 Å². The summed E-state index contributed by atoms with van der Waals surface area (Å²) < 4.78 is 15.2. The first-order chi connectivity index (χ1) is 15.7. The molecular formula is C26H20FN5. The van der Waals surface area contributed by atoms with Crippen molar-refractivity contribution in [3.05, 3.63) is 103 Å². The van der Waals surface area contributed by atoms with E-state index in [0.29, 0.717) is 12.1 Å². The zero-order valence-corrected chi connectivity index (χ0v) is 17.5. The SMILES string of the molecule is Cc1cc(-c2ccc(CNc3ncnc(-c4ccc5cnccc5c4)c3F)cc2)ccn1. The molecule has 0 spiro atoms. The Morgan fingerprint density at radius 1 is 0.781 bits per heavy atom. The average molecular weight is 421 g/mol. The molecule has 5 nitrogen and oxygen atoms in total. The standard InChI is InChI=1S/C26H20FN5/c1-17-12-20(9-11-29-17)19-4-2-18(3-5-19)14-30-26-24(27)25(31-16-32-26)22-6-7-23-15-28-10-8-21(23)13-22/h2-13,15-16H,14H2,1H3,(H,30,31,32). The van der Waals surface area contributed by atoms with Gasteiger partial charge in [0.15, 0.2) is 11.6 Å². The molecule has 2 aromatic carbocycles. The number of aromatic nitrogens is 4. The normalized spacial score (nSPS) is 10.9. The van der Waals surface area contributed by atoms with E-state index in [0.717, 1.165) is 33.2 Å². The minimum atomic E-state index is -0.468. The van der Waals surface area contributed by atoms with Gasteiger partial charge in [-0.25, -0.2) is 14.4 Å². The van der Waals surface area contributed by atoms with E-state index in [9.17, 15) is 0 Å². The van der Waals surface area contributed by atoms with Crippen LogP contribution in [0.5, 0.6) is 0 Å². The number of nitrogens with zero attached hydrogens (tertiary/aromatic N) is 4. The first-order valence-electron chi connectivity index (χ1n) is 10.3. The largest absolute Gasteiger partial charge is 0.363 e. The second-order valence-electron chi connectivity index (χ2n) is 7.56. The lowest BCUT2D eigenvalue weighted by atomic mass is 10.0. The first kappa shape index (κ1) is 19.8. The fourth-order valence-electron chi connectivity index (χ4n) is 3.65. The molecule has 6 heteroatoms. The summed E-state index contributed by atoms with van der Waals surface area (Å²) in [5, 5.41) is 5.07. The van der Waals surface area contributed by atoms with Gasteiger partial charge in [0.25, 0.3) is 0 Å². The number of fused-ring (bicyclic) bond motifs is 1. The number of halogens is 1. The van der Waals surface area contributed by atoms with Crippen molar-refractivity contribution in [2.24, 2.45) is 0 Å². The Bertz CT molecular complexity index is 1400. The summed E-state index contributed by atoms with van der Waals surface area (Å²) >= 11 is 0. The van der Waals surface area contributed by atoms with Crippen LogP contribution in [0.1, 0.15) is 11.3 Å². The number of pyridine rings is 2. The third kappa shape index (κ3) is 4.03. The summed E-state index contributed by atoms with van der Waals surface area (Å²) in [6, 6.07) is 19.8. The molecule has 3 heterocycles. The topological polar surface area (TPSA) is 63.6 Å². The predicted molar refractivity (Wildman–Crippen MR) is 124 cm³/mol. The number of hydrogen-bond acceptors (Lipinski definition) is 5. The highest BCUT2D eigenvalue weighted by atomic mass is 19.1. The van der Waals surface area contributed by atoms with E-state index < -0.39 is 5.82 Å². The Morgan fingerprint density at radius 3 is 2.47 bits per heavy atom. The molecule has 0 fully saturated rings. The fourth-order valence-corrected chi connectivity index (χ4v) is 3.65. The van der Waals surface area contributed by atoms with Crippen LogP contribution in [-0.4, -0.2) is 19.9 Å². The molecule has 156 valence electrons. The molecule has 32 heavy (non-hydrogen) atoms. The third-order valence-corrected chi connectivity index (χ3v) is 5.35. The number of benzene rings is 2. The molecule has 5 rings (SSSR count). The van der Waals surface area contributed by atoms with Crippen LogP contribution in [-0.2, 0) is 6.54 Å². The van der Waals surface area contributed by atoms with Crippen molar-refractivity contribution < 1.29 is 4.39 Å². The van der Waals surface area contributed by atoms with Gasteiger partial charge in [-0.05, 0) is 53.3 Å². The van der Waals surface area contributed by atoms with Crippen LogP contribution in [0.25, 0.3) is 33.2 Å². The summed E-state index contributed by atoms with van der Waals surface area (Å²) in [4.78, 5) is 16.6. The van der Waals surface area contributed by atoms with E-state index in [1.807, 2.05) is 61.7 Å². The molecule has 0 aliphatic carbocycles. The van der Waals surface area contributed by atoms with E-state index in [4.69, 9.17) is 0 Å². The predicted octanol–water partition coefficient (Wildman–Crippen LogP) is 5.81. The van der Waals surface area contributed by atoms with Crippen molar-refractivity contribution in [3.8, 4) is 22.4 Å². The number of hydrogen-bond donors (Lipinski definition) is 1. The van der Waals surface area contributed by atoms with Crippen molar-refractivity contribution in [1.29, 1.82) is 0 Å². The Balaban J connectivity index is 1.35. The van der Waals surface area contributed by atoms with Crippen LogP contribution in [0.3, 0.4) is 0 Å². The van der Waals surface area contributed by atoms with Crippen molar-refractivity contribution in [2.75, 3.05) is 5.32 Å². The maximum Gasteiger partial charge on any atom is 0.191 e. The van der Waals surface area contributed by atoms with Gasteiger partial charge >= 0.3 is 0 Å². The lowest BCUT2D eigenvalue weighted by Crippen LogP contribution is -2.05. The van der Waals surface area contributed by atoms with Gasteiger partial charge in [-0.15, -0.1) is 0 Å². The first-order valence-corrected chi connectivity index (χ1v) is 10.3. The lowest BCUT2D eigenvalue weighted by Gasteiger charge is -2.10. The Labute approximate surface area is 185 Å². The zero-order chi connectivity index (χ0) is 21.9. The second-order valence-corrected chi connectivity index (χ2v) is 7.56. The van der Waals surface area contributed by atoms with Crippen LogP contribution < -0.4 is 5.32 Å². The third-order valence-electron chi connectivity index (χ3n) is 5.35. The molecule has 0 atom stereocenters. The summed E-state index contributed by atoms with van der Waals surface area (Å²) in [6.07, 6.45) is 6.69. The van der Waals surface area contributed by atoms with Crippen LogP contribution in [0.15, 0.2) is 85.6 Å². The minimum absolute atomic E-state index is 0.179. The zero-order valence-electron chi connectivity index (χ0n) is 17.5. The summed E-state index contributed by atoms with van der Waals surface area (Å²) in [6.45, 7) is 2.42. The van der Waals surface area contributed by atoms with Gasteiger partial charge in [-0.1, -0.05) is 36.4 Å². The van der Waals surface area contributed by atoms with Gasteiger partial charge in [0.2, 0.25) is 0 Å². The molecule has 0 bridgehead atoms. The van der Waals surface area contributed by atoms with E-state index in [2.05, 4.69) is 37.4 Å². The molecule has 1 N–H and O–H groups in total. The quantitative estimate of drug-likeness (QED) is 0.388. The highest BCUT2D eigenvalue weighted by Crippen LogP contribution is 2.27. The van der Waals surface area contributed by atoms with Gasteiger partial charge in [0.05, 0.1) is 0 Å². The van der Waals surface area contributed by atoms with Crippen molar-refractivity contribution in [3.63, 3.8) is 0 Å². The number of nitrogens with one attached hydrogen (secondary N) is 1. The van der Waals surface area contributed by atoms with E-state index >= 15 is 4.39 Å². The maximum atomic E-state index is 15.2. The highest BCUT2D eigenvalue weighted by molar-refractivity contribution is 5.86. The van der Waals surface area contributed by atoms with Crippen LogP contribution >= 0.6 is 0 Å². The average Bonchev–Trinajstić information content (AvgIpc) is 2.83. The Morgan fingerprint density at radius 2 is 1.62 bits per heavy atom. The molecule has 0 unspecified atom stereocenters. The minimum Gasteiger partial charge on any atom is -0.363 e. The summed E-state index contributed by atoms with van der Waals surface area (Å²) in [5.41, 5.74) is 5.20. The molecular weight excluding hydrogens is 401 g/mol. The monoisotopic (exact) mass is 421 g/mol. The van der Waals surface area contributed by atoms with Crippen molar-refractivity contribution in [2.45, 2.75) is 13.5 Å². The molecule has 0 aliphatic heterocycles. The number of rotatable bonds is 5. The maximum absolute atomic E-state index is 15.2. The van der Waals surface area contributed by atoms with E-state index in [1.165, 1.54) is 6.33 Å². The molecule has 0 saturated heterocycles. The van der Waals surface area contributed by atoms with Crippen LogP contribution in [0, 0.1) is 12.7 Å². The smallest absolute Gasteiger partial charge is 0.191 e. The Kier molecular flexibility index (Phi) is 5.25. The fraction of sp³-hybridized carbons (Fsp3) is 0.0769. The van der Waals surface area contributed by atoms with Gasteiger partial charge in [-0.3, -0.25) is 9.97 Å². The summed E-state index contributed by atoms with van der Waals surface area (Å²) in [7, 11) is 0. The molecule has 5 aromatic rings. The molecule has 0 amide bonds. The summed E-state index contributed by atoms with van der Waals surface area (Å²) in [5.74, 6) is -0.288. The highest BCUT2D eigenvalue weighted by Gasteiger charge is 2.13. The number of anilines is 1. The molecule has 3 aromatic heterocycles. The van der Waals surface area contributed by atoms with Crippen molar-refractivity contribution in [1.82, 2.24) is 19.9 Å². The van der Waals surface area contributed by atoms with Crippen LogP contribution in [0.2, 0.25) is 0 Å². The van der Waals surface area contributed by atoms with E-state index in [1.54, 1.807) is 12.4 Å². The van der Waals surface area contributed by atoms with Crippen molar-refractivity contribution >= 4 is 16.6 Å². The van der Waals surface area contributed by atoms with Gasteiger partial charge in [-0.2, -0.15) is 0 Å². The Hall–Kier alpha value is -4.19. The van der Waals surface area contributed by atoms with Gasteiger partial charge in [0.1, 0.15) is 12.0 Å². The number of aryl methyl sites for hydroxylation is 1. The van der Waals surface area contributed by atoms with Crippen LogP contribution in [0.4, 0.5) is 10.2 Å². The van der Waals surface area contributed by atoms with Gasteiger partial charge in [0, 0.05) is 41.8 Å². The second kappa shape index (κ2) is 8.51. The van der Waals surface area contributed by atoms with Gasteiger partial charge < -0.3 is 5.32 Å². The molecule has 0 aliphatic rings. The molecule has 0 saturated carbocycles. The lowest BCUT2D eigenvalue weighted by molar-refractivity contribution is 0.621.